The van der Waals surface area contributed by atoms with Crippen molar-refractivity contribution >= 4 is 39.2 Å². The van der Waals surface area contributed by atoms with Crippen molar-refractivity contribution in [3.05, 3.63) is 28.2 Å². The number of halogens is 2. The molecule has 2 N–H and O–H groups in total. The minimum absolute atomic E-state index is 0.0275. The number of carboxylic acids is 1. The Hall–Kier alpha value is -0.820. The van der Waals surface area contributed by atoms with Crippen LogP contribution in [0.2, 0.25) is 10.0 Å². The molecule has 0 spiro atoms. The molecule has 1 rings (SSSR count). The Labute approximate surface area is 127 Å². The maximum absolute atomic E-state index is 12.3. The summed E-state index contributed by atoms with van der Waals surface area (Å²) in [5, 5.41) is 9.08. The number of benzene rings is 1. The first-order chi connectivity index (χ1) is 9.13. The predicted octanol–water partition coefficient (Wildman–Crippen LogP) is 2.77. The van der Waals surface area contributed by atoms with Gasteiger partial charge in [0.2, 0.25) is 10.0 Å². The molecule has 20 heavy (non-hydrogen) atoms. The molecule has 8 heteroatoms. The first-order valence-corrected chi connectivity index (χ1v) is 8.06. The quantitative estimate of drug-likeness (QED) is 0.834. The van der Waals surface area contributed by atoms with Crippen molar-refractivity contribution in [2.45, 2.75) is 31.2 Å². The van der Waals surface area contributed by atoms with E-state index in [0.717, 1.165) is 0 Å². The van der Waals surface area contributed by atoms with Crippen molar-refractivity contribution in [1.29, 1.82) is 0 Å². The standard InChI is InChI=1S/C12H15Cl2NO4S/c1-7(2)10(6-12(16)17)15-20(18,19)11-5-8(13)3-4-9(11)14/h3-5,7,10,15H,6H2,1-2H3,(H,16,17). The Morgan fingerprint density at radius 2 is 1.95 bits per heavy atom. The number of hydrogen-bond acceptors (Lipinski definition) is 3. The Balaban J connectivity index is 3.09. The summed E-state index contributed by atoms with van der Waals surface area (Å²) in [4.78, 5) is 10.6. The second kappa shape index (κ2) is 6.76. The third-order valence-electron chi connectivity index (χ3n) is 2.69. The zero-order chi connectivity index (χ0) is 15.5. The first kappa shape index (κ1) is 17.2. The molecule has 0 aliphatic heterocycles. The summed E-state index contributed by atoms with van der Waals surface area (Å²) in [5.41, 5.74) is 0. The van der Waals surface area contributed by atoms with Gasteiger partial charge in [0.25, 0.3) is 0 Å². The van der Waals surface area contributed by atoms with E-state index in [-0.39, 0.29) is 27.3 Å². The van der Waals surface area contributed by atoms with Crippen LogP contribution >= 0.6 is 23.2 Å². The van der Waals surface area contributed by atoms with E-state index in [2.05, 4.69) is 4.72 Å². The number of nitrogens with one attached hydrogen (secondary N) is 1. The van der Waals surface area contributed by atoms with Gasteiger partial charge in [-0.1, -0.05) is 37.0 Å². The van der Waals surface area contributed by atoms with Crippen LogP contribution in [0.4, 0.5) is 0 Å². The monoisotopic (exact) mass is 339 g/mol. The Bertz CT molecular complexity index is 601. The summed E-state index contributed by atoms with van der Waals surface area (Å²) in [6.45, 7) is 3.46. The molecule has 1 atom stereocenters. The van der Waals surface area contributed by atoms with Crippen molar-refractivity contribution in [3.8, 4) is 0 Å². The first-order valence-electron chi connectivity index (χ1n) is 5.82. The van der Waals surface area contributed by atoms with Crippen molar-refractivity contribution in [3.63, 3.8) is 0 Å². The zero-order valence-corrected chi connectivity index (χ0v) is 13.3. The van der Waals surface area contributed by atoms with Crippen LogP contribution in [0.3, 0.4) is 0 Å². The van der Waals surface area contributed by atoms with E-state index in [0.29, 0.717) is 0 Å². The Kier molecular flexibility index (Phi) is 5.82. The molecule has 0 aliphatic rings. The molecule has 1 aromatic carbocycles. The van der Waals surface area contributed by atoms with Gasteiger partial charge in [0.1, 0.15) is 4.90 Å². The number of rotatable bonds is 6. The lowest BCUT2D eigenvalue weighted by Crippen LogP contribution is -2.40. The minimum atomic E-state index is -3.93. The van der Waals surface area contributed by atoms with Gasteiger partial charge in [0, 0.05) is 11.1 Å². The van der Waals surface area contributed by atoms with Gasteiger partial charge < -0.3 is 5.11 Å². The largest absolute Gasteiger partial charge is 0.481 e. The van der Waals surface area contributed by atoms with Crippen LogP contribution < -0.4 is 4.72 Å². The van der Waals surface area contributed by atoms with Crippen molar-refractivity contribution in [2.75, 3.05) is 0 Å². The van der Waals surface area contributed by atoms with Gasteiger partial charge in [0.15, 0.2) is 0 Å². The van der Waals surface area contributed by atoms with Crippen LogP contribution in [0.5, 0.6) is 0 Å². The lowest BCUT2D eigenvalue weighted by molar-refractivity contribution is -0.137. The second-order valence-corrected chi connectivity index (χ2v) is 7.17. The van der Waals surface area contributed by atoms with E-state index in [9.17, 15) is 13.2 Å². The van der Waals surface area contributed by atoms with E-state index in [1.54, 1.807) is 13.8 Å². The smallest absolute Gasteiger partial charge is 0.304 e. The van der Waals surface area contributed by atoms with Gasteiger partial charge >= 0.3 is 5.97 Å². The Morgan fingerprint density at radius 1 is 1.35 bits per heavy atom. The van der Waals surface area contributed by atoms with Gasteiger partial charge in [-0.25, -0.2) is 13.1 Å². The fourth-order valence-electron chi connectivity index (χ4n) is 1.55. The number of sulfonamides is 1. The molecule has 112 valence electrons. The van der Waals surface area contributed by atoms with Gasteiger partial charge in [-0.3, -0.25) is 4.79 Å². The summed E-state index contributed by atoms with van der Waals surface area (Å²) in [5.74, 6) is -1.26. The highest BCUT2D eigenvalue weighted by Gasteiger charge is 2.26. The number of carboxylic acid groups (broad SMARTS) is 1. The van der Waals surface area contributed by atoms with E-state index in [1.165, 1.54) is 18.2 Å². The SMILES string of the molecule is CC(C)C(CC(=O)O)NS(=O)(=O)c1cc(Cl)ccc1Cl. The maximum atomic E-state index is 12.3. The van der Waals surface area contributed by atoms with Gasteiger partial charge in [-0.2, -0.15) is 0 Å². The van der Waals surface area contributed by atoms with Gasteiger partial charge in [-0.05, 0) is 24.1 Å². The molecule has 0 aromatic heterocycles. The molecule has 0 aliphatic carbocycles. The maximum Gasteiger partial charge on any atom is 0.304 e. The summed E-state index contributed by atoms with van der Waals surface area (Å²) in [6.07, 6.45) is -0.310. The average Bonchev–Trinajstić information content (AvgIpc) is 2.30. The van der Waals surface area contributed by atoms with Crippen LogP contribution in [0, 0.1) is 5.92 Å². The van der Waals surface area contributed by atoms with Gasteiger partial charge in [0.05, 0.1) is 11.4 Å². The fourth-order valence-corrected chi connectivity index (χ4v) is 3.69. The van der Waals surface area contributed by atoms with Crippen molar-refractivity contribution < 1.29 is 18.3 Å². The molecule has 1 aromatic rings. The van der Waals surface area contributed by atoms with E-state index < -0.39 is 22.0 Å². The van der Waals surface area contributed by atoms with Crippen LogP contribution in [-0.4, -0.2) is 25.5 Å². The van der Waals surface area contributed by atoms with E-state index in [1.807, 2.05) is 0 Å². The van der Waals surface area contributed by atoms with E-state index >= 15 is 0 Å². The number of carbonyl (C=O) groups is 1. The summed E-state index contributed by atoms with van der Waals surface area (Å²) < 4.78 is 26.9. The highest BCUT2D eigenvalue weighted by molar-refractivity contribution is 7.89. The lowest BCUT2D eigenvalue weighted by atomic mass is 10.0. The van der Waals surface area contributed by atoms with Gasteiger partial charge in [-0.15, -0.1) is 0 Å². The molecule has 0 saturated carbocycles. The number of aliphatic carboxylic acids is 1. The average molecular weight is 340 g/mol. The lowest BCUT2D eigenvalue weighted by Gasteiger charge is -2.21. The molecule has 1 unspecified atom stereocenters. The highest BCUT2D eigenvalue weighted by Crippen LogP contribution is 2.25. The van der Waals surface area contributed by atoms with Crippen LogP contribution in [0.1, 0.15) is 20.3 Å². The molecule has 0 amide bonds. The number of hydrogen-bond donors (Lipinski definition) is 2. The summed E-state index contributed by atoms with van der Waals surface area (Å²) >= 11 is 11.6. The third kappa shape index (κ3) is 4.63. The molecular formula is C12H15Cl2NO4S. The van der Waals surface area contributed by atoms with E-state index in [4.69, 9.17) is 28.3 Å². The van der Waals surface area contributed by atoms with Crippen molar-refractivity contribution in [2.24, 2.45) is 5.92 Å². The zero-order valence-electron chi connectivity index (χ0n) is 10.9. The van der Waals surface area contributed by atoms with Crippen LogP contribution in [0.15, 0.2) is 23.1 Å². The minimum Gasteiger partial charge on any atom is -0.481 e. The highest BCUT2D eigenvalue weighted by atomic mass is 35.5. The molecule has 0 saturated heterocycles. The second-order valence-electron chi connectivity index (χ2n) is 4.64. The molecule has 0 bridgehead atoms. The normalized spacial score (nSPS) is 13.4. The van der Waals surface area contributed by atoms with Crippen LogP contribution in [-0.2, 0) is 14.8 Å². The predicted molar refractivity (Wildman–Crippen MR) is 77.7 cm³/mol. The van der Waals surface area contributed by atoms with Crippen LogP contribution in [0.25, 0.3) is 0 Å². The van der Waals surface area contributed by atoms with Crippen molar-refractivity contribution in [1.82, 2.24) is 4.72 Å². The molecular weight excluding hydrogens is 325 g/mol. The summed E-state index contributed by atoms with van der Waals surface area (Å²) in [7, 11) is -3.93. The molecule has 0 radical (unpaired) electrons. The molecule has 0 heterocycles. The fraction of sp³-hybridized carbons (Fsp3) is 0.417. The topological polar surface area (TPSA) is 83.5 Å². The molecule has 5 nitrogen and oxygen atoms in total. The molecule has 0 fully saturated rings. The Morgan fingerprint density at radius 3 is 2.45 bits per heavy atom. The summed E-state index contributed by atoms with van der Waals surface area (Å²) in [6, 6.07) is 3.34. The third-order valence-corrected chi connectivity index (χ3v) is 4.90.